The van der Waals surface area contributed by atoms with Crippen LogP contribution in [0.3, 0.4) is 0 Å². The number of pyridine rings is 1. The van der Waals surface area contributed by atoms with E-state index in [-0.39, 0.29) is 5.91 Å². The van der Waals surface area contributed by atoms with Gasteiger partial charge in [-0.25, -0.2) is 0 Å². The second kappa shape index (κ2) is 4.06. The highest BCUT2D eigenvalue weighted by molar-refractivity contribution is 6.33. The highest BCUT2D eigenvalue weighted by Crippen LogP contribution is 2.50. The Bertz CT molecular complexity index is 417. The average molecular weight is 239 g/mol. The first-order valence-electron chi connectivity index (χ1n) is 5.38. The van der Waals surface area contributed by atoms with Gasteiger partial charge in [-0.2, -0.15) is 0 Å². The van der Waals surface area contributed by atoms with Crippen molar-refractivity contribution in [3.8, 4) is 0 Å². The second-order valence-corrected chi connectivity index (χ2v) is 5.36. The molecule has 2 rings (SSSR count). The van der Waals surface area contributed by atoms with Gasteiger partial charge < -0.3 is 5.32 Å². The summed E-state index contributed by atoms with van der Waals surface area (Å²) in [7, 11) is 0. The van der Waals surface area contributed by atoms with E-state index in [0.717, 1.165) is 6.54 Å². The van der Waals surface area contributed by atoms with Gasteiger partial charge in [-0.05, 0) is 23.8 Å². The molecule has 0 bridgehead atoms. The molecule has 0 radical (unpaired) electrons. The maximum Gasteiger partial charge on any atom is 0.254 e. The van der Waals surface area contributed by atoms with Crippen LogP contribution < -0.4 is 5.32 Å². The Labute approximate surface area is 100 Å². The minimum atomic E-state index is -0.138. The monoisotopic (exact) mass is 238 g/mol. The summed E-state index contributed by atoms with van der Waals surface area (Å²) in [5.41, 5.74) is 0.828. The molecule has 1 N–H and O–H groups in total. The number of halogens is 1. The Morgan fingerprint density at radius 3 is 2.94 bits per heavy atom. The largest absolute Gasteiger partial charge is 0.352 e. The minimum absolute atomic E-state index is 0.138. The topological polar surface area (TPSA) is 42.0 Å². The van der Waals surface area contributed by atoms with Crippen LogP contribution in [0.5, 0.6) is 0 Å². The van der Waals surface area contributed by atoms with Crippen molar-refractivity contribution in [1.29, 1.82) is 0 Å². The molecule has 0 spiro atoms. The molecule has 0 saturated heterocycles. The Balaban J connectivity index is 1.92. The average Bonchev–Trinajstić information content (AvgIpc) is 2.84. The van der Waals surface area contributed by atoms with Crippen molar-refractivity contribution in [3.05, 3.63) is 29.0 Å². The zero-order valence-electron chi connectivity index (χ0n) is 9.46. The number of carbonyl (C=O) groups excluding carboxylic acids is 1. The van der Waals surface area contributed by atoms with Gasteiger partial charge in [0, 0.05) is 18.9 Å². The second-order valence-electron chi connectivity index (χ2n) is 4.96. The van der Waals surface area contributed by atoms with Crippen molar-refractivity contribution in [2.24, 2.45) is 11.3 Å². The van der Waals surface area contributed by atoms with Crippen LogP contribution in [0.1, 0.15) is 30.6 Å². The molecule has 1 aromatic heterocycles. The zero-order valence-corrected chi connectivity index (χ0v) is 10.2. The summed E-state index contributed by atoms with van der Waals surface area (Å²) in [4.78, 5) is 15.7. The number of amides is 1. The van der Waals surface area contributed by atoms with Crippen molar-refractivity contribution in [2.45, 2.75) is 20.3 Å². The molecule has 1 unspecified atom stereocenters. The van der Waals surface area contributed by atoms with E-state index in [1.54, 1.807) is 12.3 Å². The number of rotatable bonds is 3. The van der Waals surface area contributed by atoms with E-state index >= 15 is 0 Å². The van der Waals surface area contributed by atoms with Gasteiger partial charge in [-0.15, -0.1) is 0 Å². The molecule has 3 nitrogen and oxygen atoms in total. The molecular formula is C12H15ClN2O. The highest BCUT2D eigenvalue weighted by atomic mass is 35.5. The molecule has 4 heteroatoms. The number of carbonyl (C=O) groups is 1. The molecule has 0 aromatic carbocycles. The van der Waals surface area contributed by atoms with Crippen LogP contribution in [0.15, 0.2) is 18.5 Å². The smallest absolute Gasteiger partial charge is 0.254 e. The van der Waals surface area contributed by atoms with Crippen LogP contribution in [0.2, 0.25) is 5.02 Å². The zero-order chi connectivity index (χ0) is 11.8. The highest BCUT2D eigenvalue weighted by Gasteiger charge is 2.45. The van der Waals surface area contributed by atoms with Crippen molar-refractivity contribution < 1.29 is 4.79 Å². The van der Waals surface area contributed by atoms with Gasteiger partial charge in [-0.1, -0.05) is 25.4 Å². The first-order chi connectivity index (χ1) is 7.50. The Morgan fingerprint density at radius 2 is 2.38 bits per heavy atom. The molecule has 1 heterocycles. The van der Waals surface area contributed by atoms with Crippen molar-refractivity contribution in [1.82, 2.24) is 10.3 Å². The normalized spacial score (nSPS) is 21.6. The summed E-state index contributed by atoms with van der Waals surface area (Å²) in [6.45, 7) is 5.14. The molecule has 1 fully saturated rings. The fourth-order valence-corrected chi connectivity index (χ4v) is 1.97. The lowest BCUT2D eigenvalue weighted by molar-refractivity contribution is 0.0950. The summed E-state index contributed by atoms with van der Waals surface area (Å²) >= 11 is 5.91. The lowest BCUT2D eigenvalue weighted by Gasteiger charge is -2.07. The lowest BCUT2D eigenvalue weighted by Crippen LogP contribution is -2.26. The van der Waals surface area contributed by atoms with E-state index in [4.69, 9.17) is 11.6 Å². The van der Waals surface area contributed by atoms with Gasteiger partial charge in [0.15, 0.2) is 0 Å². The molecule has 1 amide bonds. The van der Waals surface area contributed by atoms with E-state index in [0.29, 0.717) is 21.9 Å². The number of nitrogens with one attached hydrogen (secondary N) is 1. The number of hydrogen-bond donors (Lipinski definition) is 1. The summed E-state index contributed by atoms with van der Waals surface area (Å²) in [6, 6.07) is 1.62. The van der Waals surface area contributed by atoms with Gasteiger partial charge >= 0.3 is 0 Å². The van der Waals surface area contributed by atoms with E-state index in [2.05, 4.69) is 24.1 Å². The van der Waals surface area contributed by atoms with E-state index < -0.39 is 0 Å². The van der Waals surface area contributed by atoms with Gasteiger partial charge in [0.1, 0.15) is 0 Å². The van der Waals surface area contributed by atoms with Crippen molar-refractivity contribution >= 4 is 17.5 Å². The van der Waals surface area contributed by atoms with Crippen LogP contribution in [0.25, 0.3) is 0 Å². The minimum Gasteiger partial charge on any atom is -0.352 e. The summed E-state index contributed by atoms with van der Waals surface area (Å²) < 4.78 is 0. The number of nitrogens with zero attached hydrogens (tertiary/aromatic N) is 1. The molecular weight excluding hydrogens is 224 g/mol. The first kappa shape index (κ1) is 11.4. The Kier molecular flexibility index (Phi) is 2.89. The summed E-state index contributed by atoms with van der Waals surface area (Å²) in [5, 5.41) is 3.34. The third-order valence-electron chi connectivity index (χ3n) is 3.24. The van der Waals surface area contributed by atoms with Crippen LogP contribution in [0, 0.1) is 11.3 Å². The molecule has 1 aromatic rings. The van der Waals surface area contributed by atoms with Gasteiger partial charge in [0.05, 0.1) is 10.6 Å². The number of hydrogen-bond acceptors (Lipinski definition) is 2. The third-order valence-corrected chi connectivity index (χ3v) is 3.57. The van der Waals surface area contributed by atoms with E-state index in [9.17, 15) is 4.79 Å². The van der Waals surface area contributed by atoms with Gasteiger partial charge in [0.25, 0.3) is 5.91 Å². The molecule has 0 aliphatic heterocycles. The van der Waals surface area contributed by atoms with Crippen LogP contribution in [-0.4, -0.2) is 17.4 Å². The SMILES string of the molecule is CC1(C)CC1CNC(=O)c1cnccc1Cl. The Morgan fingerprint density at radius 1 is 1.69 bits per heavy atom. The quantitative estimate of drug-likeness (QED) is 0.879. The van der Waals surface area contributed by atoms with E-state index in [1.807, 2.05) is 0 Å². The molecule has 1 saturated carbocycles. The van der Waals surface area contributed by atoms with Crippen molar-refractivity contribution in [2.75, 3.05) is 6.54 Å². The fraction of sp³-hybridized carbons (Fsp3) is 0.500. The third kappa shape index (κ3) is 2.35. The predicted octanol–water partition coefficient (Wildman–Crippen LogP) is 2.51. The maximum atomic E-state index is 11.8. The lowest BCUT2D eigenvalue weighted by atomic mass is 10.1. The first-order valence-corrected chi connectivity index (χ1v) is 5.76. The summed E-state index contributed by atoms with van der Waals surface area (Å²) in [6.07, 6.45) is 4.24. The fourth-order valence-electron chi connectivity index (χ4n) is 1.78. The standard InChI is InChI=1S/C12H15ClN2O/c1-12(2)5-8(12)6-15-11(16)9-7-14-4-3-10(9)13/h3-4,7-8H,5-6H2,1-2H3,(H,15,16). The molecule has 16 heavy (non-hydrogen) atoms. The molecule has 1 atom stereocenters. The van der Waals surface area contributed by atoms with Crippen molar-refractivity contribution in [3.63, 3.8) is 0 Å². The van der Waals surface area contributed by atoms with Crippen LogP contribution >= 0.6 is 11.6 Å². The maximum absolute atomic E-state index is 11.8. The number of aromatic nitrogens is 1. The van der Waals surface area contributed by atoms with Crippen LogP contribution in [-0.2, 0) is 0 Å². The van der Waals surface area contributed by atoms with Crippen LogP contribution in [0.4, 0.5) is 0 Å². The molecule has 86 valence electrons. The molecule has 1 aliphatic carbocycles. The van der Waals surface area contributed by atoms with Gasteiger partial charge in [0.2, 0.25) is 0 Å². The summed E-state index contributed by atoms with van der Waals surface area (Å²) in [5.74, 6) is 0.452. The molecule has 1 aliphatic rings. The van der Waals surface area contributed by atoms with Gasteiger partial charge in [-0.3, -0.25) is 9.78 Å². The Hall–Kier alpha value is -1.09. The van der Waals surface area contributed by atoms with E-state index in [1.165, 1.54) is 12.6 Å². The predicted molar refractivity (Wildman–Crippen MR) is 63.5 cm³/mol.